The van der Waals surface area contributed by atoms with Crippen LogP contribution in [-0.4, -0.2) is 60.0 Å². The molecule has 8 heteroatoms. The number of rotatable bonds is 3. The fourth-order valence-corrected chi connectivity index (χ4v) is 4.37. The molecule has 0 unspecified atom stereocenters. The van der Waals surface area contributed by atoms with E-state index in [0.717, 1.165) is 34.8 Å². The number of carbonyl (C=O) groups is 2. The van der Waals surface area contributed by atoms with Crippen molar-refractivity contribution in [2.45, 2.75) is 25.4 Å². The number of nitrogens with one attached hydrogen (secondary N) is 1. The number of likely N-dealkylation sites (tertiary alicyclic amines) is 1. The number of fused-ring (bicyclic) bond motifs is 1. The monoisotopic (exact) mass is 533 g/mol. The summed E-state index contributed by atoms with van der Waals surface area (Å²) in [4.78, 5) is 26.4. The quantitative estimate of drug-likeness (QED) is 0.344. The summed E-state index contributed by atoms with van der Waals surface area (Å²) in [5.41, 5.74) is 3.73. The van der Waals surface area contributed by atoms with E-state index >= 15 is 0 Å². The molecule has 39 heavy (non-hydrogen) atoms. The van der Waals surface area contributed by atoms with E-state index in [1.54, 1.807) is 0 Å². The lowest BCUT2D eigenvalue weighted by Crippen LogP contribution is -2.45. The molecule has 0 radical (unpaired) electrons. The predicted molar refractivity (Wildman–Crippen MR) is 153 cm³/mol. The summed E-state index contributed by atoms with van der Waals surface area (Å²) in [6.45, 7) is 5.10. The molecule has 0 saturated carbocycles. The molecule has 0 bridgehead atoms. The van der Waals surface area contributed by atoms with Gasteiger partial charge in [0.2, 0.25) is 0 Å². The molecule has 0 spiro atoms. The van der Waals surface area contributed by atoms with Gasteiger partial charge in [-0.1, -0.05) is 48.5 Å². The van der Waals surface area contributed by atoms with Crippen molar-refractivity contribution < 1.29 is 24.2 Å². The number of piperidine rings is 1. The number of pyridine rings is 1. The first-order chi connectivity index (χ1) is 18.9. The van der Waals surface area contributed by atoms with E-state index in [-0.39, 0.29) is 11.7 Å². The molecule has 7 nitrogen and oxygen atoms in total. The summed E-state index contributed by atoms with van der Waals surface area (Å²) in [5, 5.41) is 21.7. The van der Waals surface area contributed by atoms with Crippen molar-refractivity contribution in [2.24, 2.45) is 0 Å². The van der Waals surface area contributed by atoms with Gasteiger partial charge < -0.3 is 25.2 Å². The molecular weight excluding hydrogens is 497 g/mol. The number of para-hydroxylation sites is 1. The summed E-state index contributed by atoms with van der Waals surface area (Å²) in [7, 11) is 2.85. The SMILES string of the molecule is C=O.CNc1ccc(C(=O)N2CCC(O)(c3ccccc3)CC2)cc1.CO.Cc1cccc2cc(F)cnc12. The van der Waals surface area contributed by atoms with Crippen LogP contribution < -0.4 is 5.32 Å². The number of hydrogen-bond donors (Lipinski definition) is 3. The molecule has 4 aromatic rings. The number of aryl methyl sites for hydroxylation is 1. The molecule has 1 aliphatic heterocycles. The molecule has 3 N–H and O–H groups in total. The van der Waals surface area contributed by atoms with Crippen molar-refractivity contribution in [3.05, 3.63) is 108 Å². The van der Waals surface area contributed by atoms with Gasteiger partial charge in [-0.2, -0.15) is 0 Å². The Balaban J connectivity index is 0.000000280. The van der Waals surface area contributed by atoms with E-state index in [1.165, 1.54) is 12.3 Å². The Morgan fingerprint density at radius 3 is 2.18 bits per heavy atom. The maximum absolute atomic E-state index is 12.7. The predicted octanol–water partition coefficient (Wildman–Crippen LogP) is 4.96. The highest BCUT2D eigenvalue weighted by atomic mass is 19.1. The van der Waals surface area contributed by atoms with Gasteiger partial charge in [-0.25, -0.2) is 4.39 Å². The molecule has 0 aliphatic carbocycles. The standard InChI is InChI=1S/C19H22N2O2.C10H8FN.CH4O.CH2O/c1-20-17-9-7-15(8-10-17)18(22)21-13-11-19(23,12-14-21)16-5-3-2-4-6-16;1-7-3-2-4-8-5-9(11)6-12-10(7)8;2*1-2/h2-10,20,23H,11-14H2,1H3;2-6H,1H3;2H,1H3;1H2. The van der Waals surface area contributed by atoms with Crippen molar-refractivity contribution in [1.29, 1.82) is 0 Å². The van der Waals surface area contributed by atoms with Crippen LogP contribution in [0.1, 0.15) is 34.3 Å². The van der Waals surface area contributed by atoms with Gasteiger partial charge in [0.25, 0.3) is 5.91 Å². The molecule has 1 aliphatic rings. The molecule has 1 aromatic heterocycles. The molecule has 1 fully saturated rings. The van der Waals surface area contributed by atoms with Crippen molar-refractivity contribution in [2.75, 3.05) is 32.6 Å². The van der Waals surface area contributed by atoms with E-state index in [2.05, 4.69) is 10.3 Å². The molecule has 206 valence electrons. The average Bonchev–Trinajstić information content (AvgIpc) is 3.00. The van der Waals surface area contributed by atoms with Gasteiger partial charge in [-0.15, -0.1) is 0 Å². The molecule has 2 heterocycles. The number of aromatic nitrogens is 1. The number of aliphatic hydroxyl groups is 2. The first-order valence-electron chi connectivity index (χ1n) is 12.5. The number of halogens is 1. The second-order valence-corrected chi connectivity index (χ2v) is 8.82. The van der Waals surface area contributed by atoms with Crippen LogP contribution in [0.5, 0.6) is 0 Å². The van der Waals surface area contributed by atoms with E-state index in [0.29, 0.717) is 31.5 Å². The van der Waals surface area contributed by atoms with E-state index in [1.807, 2.05) is 98.5 Å². The summed E-state index contributed by atoms with van der Waals surface area (Å²) in [6, 6.07) is 24.4. The zero-order valence-corrected chi connectivity index (χ0v) is 22.6. The Labute approximate surface area is 228 Å². The number of nitrogens with zero attached hydrogens (tertiary/aromatic N) is 2. The normalized spacial score (nSPS) is 13.4. The van der Waals surface area contributed by atoms with E-state index in [4.69, 9.17) is 9.90 Å². The van der Waals surface area contributed by atoms with Crippen LogP contribution in [0.25, 0.3) is 10.9 Å². The number of anilines is 1. The zero-order valence-electron chi connectivity index (χ0n) is 22.6. The maximum atomic E-state index is 12.7. The fourth-order valence-electron chi connectivity index (χ4n) is 4.37. The molecule has 5 rings (SSSR count). The van der Waals surface area contributed by atoms with Gasteiger partial charge in [-0.05, 0) is 61.2 Å². The third-order valence-electron chi connectivity index (χ3n) is 6.49. The largest absolute Gasteiger partial charge is 0.400 e. The van der Waals surface area contributed by atoms with Gasteiger partial charge in [0, 0.05) is 43.9 Å². The minimum absolute atomic E-state index is 0.0303. The highest BCUT2D eigenvalue weighted by molar-refractivity contribution is 5.94. The number of hydrogen-bond acceptors (Lipinski definition) is 6. The van der Waals surface area contributed by atoms with Crippen LogP contribution in [0.2, 0.25) is 0 Å². The van der Waals surface area contributed by atoms with Gasteiger partial charge in [-0.3, -0.25) is 9.78 Å². The van der Waals surface area contributed by atoms with Crippen molar-refractivity contribution in [1.82, 2.24) is 9.88 Å². The van der Waals surface area contributed by atoms with Gasteiger partial charge in [0.15, 0.2) is 0 Å². The van der Waals surface area contributed by atoms with Crippen LogP contribution in [0, 0.1) is 12.7 Å². The van der Waals surface area contributed by atoms with Crippen LogP contribution in [0.3, 0.4) is 0 Å². The van der Waals surface area contributed by atoms with Gasteiger partial charge >= 0.3 is 0 Å². The fraction of sp³-hybridized carbons (Fsp3) is 0.258. The second kappa shape index (κ2) is 15.3. The van der Waals surface area contributed by atoms with Crippen LogP contribution in [0.4, 0.5) is 10.1 Å². The second-order valence-electron chi connectivity index (χ2n) is 8.82. The molecule has 0 atom stereocenters. The maximum Gasteiger partial charge on any atom is 0.253 e. The lowest BCUT2D eigenvalue weighted by Gasteiger charge is -2.38. The van der Waals surface area contributed by atoms with Crippen molar-refractivity contribution in [3.63, 3.8) is 0 Å². The van der Waals surface area contributed by atoms with Crippen molar-refractivity contribution >= 4 is 29.3 Å². The van der Waals surface area contributed by atoms with Crippen LogP contribution >= 0.6 is 0 Å². The Kier molecular flexibility index (Phi) is 12.2. The number of carbonyl (C=O) groups excluding carboxylic acids is 2. The highest BCUT2D eigenvalue weighted by Crippen LogP contribution is 2.33. The molecule has 3 aromatic carbocycles. The number of amides is 1. The Morgan fingerprint density at radius 1 is 0.974 bits per heavy atom. The first kappa shape index (κ1) is 31.1. The molecular formula is C31H36FN3O4. The van der Waals surface area contributed by atoms with Crippen molar-refractivity contribution in [3.8, 4) is 0 Å². The van der Waals surface area contributed by atoms with Crippen LogP contribution in [-0.2, 0) is 10.4 Å². The summed E-state index contributed by atoms with van der Waals surface area (Å²) < 4.78 is 12.7. The minimum atomic E-state index is -0.825. The number of aliphatic hydroxyl groups excluding tert-OH is 1. The van der Waals surface area contributed by atoms with Gasteiger partial charge in [0.05, 0.1) is 17.3 Å². The van der Waals surface area contributed by atoms with E-state index in [9.17, 15) is 14.3 Å². The Bertz CT molecular complexity index is 1310. The van der Waals surface area contributed by atoms with E-state index < -0.39 is 5.60 Å². The lowest BCUT2D eigenvalue weighted by molar-refractivity contribution is -0.0980. The molecule has 1 saturated heterocycles. The Hall–Kier alpha value is -4.14. The van der Waals surface area contributed by atoms with Crippen LogP contribution in [0.15, 0.2) is 85.1 Å². The summed E-state index contributed by atoms with van der Waals surface area (Å²) in [6.07, 6.45) is 2.38. The third kappa shape index (κ3) is 8.17. The first-order valence-corrected chi connectivity index (χ1v) is 12.5. The highest BCUT2D eigenvalue weighted by Gasteiger charge is 2.35. The Morgan fingerprint density at radius 2 is 1.59 bits per heavy atom. The minimum Gasteiger partial charge on any atom is -0.400 e. The molecule has 1 amide bonds. The lowest BCUT2D eigenvalue weighted by atomic mass is 9.84. The zero-order chi connectivity index (χ0) is 28.8. The average molecular weight is 534 g/mol. The van der Waals surface area contributed by atoms with Gasteiger partial charge in [0.1, 0.15) is 12.6 Å². The summed E-state index contributed by atoms with van der Waals surface area (Å²) >= 11 is 0. The topological polar surface area (TPSA) is 103 Å². The smallest absolute Gasteiger partial charge is 0.253 e. The third-order valence-corrected chi connectivity index (χ3v) is 6.49. The number of benzene rings is 3. The summed E-state index contributed by atoms with van der Waals surface area (Å²) in [5.74, 6) is -0.254.